The van der Waals surface area contributed by atoms with Crippen molar-refractivity contribution in [3.63, 3.8) is 0 Å². The van der Waals surface area contributed by atoms with Gasteiger partial charge in [-0.2, -0.15) is 0 Å². The van der Waals surface area contributed by atoms with Crippen molar-refractivity contribution in [2.75, 3.05) is 7.11 Å². The second-order valence-corrected chi connectivity index (χ2v) is 4.50. The lowest BCUT2D eigenvalue weighted by molar-refractivity contribution is -0.122. The van der Waals surface area contributed by atoms with E-state index in [1.54, 1.807) is 7.11 Å². The van der Waals surface area contributed by atoms with Crippen LogP contribution in [0.3, 0.4) is 0 Å². The Morgan fingerprint density at radius 2 is 2.18 bits per heavy atom. The van der Waals surface area contributed by atoms with Crippen LogP contribution >= 0.6 is 0 Å². The number of aryl methyl sites for hydroxylation is 1. The highest BCUT2D eigenvalue weighted by Gasteiger charge is 2.35. The summed E-state index contributed by atoms with van der Waals surface area (Å²) in [5, 5.41) is 0. The van der Waals surface area contributed by atoms with E-state index in [0.29, 0.717) is 6.42 Å². The van der Waals surface area contributed by atoms with Crippen molar-refractivity contribution in [1.82, 2.24) is 0 Å². The zero-order valence-electron chi connectivity index (χ0n) is 10.3. The molecule has 1 unspecified atom stereocenters. The summed E-state index contributed by atoms with van der Waals surface area (Å²) in [6.45, 7) is 3.92. The van der Waals surface area contributed by atoms with Crippen molar-refractivity contribution < 1.29 is 14.3 Å². The van der Waals surface area contributed by atoms with Gasteiger partial charge in [0.25, 0.3) is 0 Å². The van der Waals surface area contributed by atoms with E-state index in [0.717, 1.165) is 16.9 Å². The predicted octanol–water partition coefficient (Wildman–Crippen LogP) is 2.72. The van der Waals surface area contributed by atoms with Gasteiger partial charge in [-0.3, -0.25) is 4.79 Å². The lowest BCUT2D eigenvalue weighted by Crippen LogP contribution is -2.30. The van der Waals surface area contributed by atoms with Crippen molar-refractivity contribution in [3.8, 4) is 5.75 Å². The van der Waals surface area contributed by atoms with Crippen LogP contribution in [0.4, 0.5) is 0 Å². The first-order valence-electron chi connectivity index (χ1n) is 5.57. The summed E-state index contributed by atoms with van der Waals surface area (Å²) in [5.41, 5.74) is 1.40. The van der Waals surface area contributed by atoms with Crippen molar-refractivity contribution in [2.45, 2.75) is 25.9 Å². The topological polar surface area (TPSA) is 35.5 Å². The summed E-state index contributed by atoms with van der Waals surface area (Å²) in [5.74, 6) is 0.823. The highest BCUT2D eigenvalue weighted by molar-refractivity contribution is 5.91. The SMILES string of the molecule is COc1ccc(C)cc1C1(C)CC(=O)C=CO1. The Balaban J connectivity index is 2.48. The Kier molecular flexibility index (Phi) is 2.92. The zero-order chi connectivity index (χ0) is 12.5. The van der Waals surface area contributed by atoms with Gasteiger partial charge in [-0.1, -0.05) is 11.6 Å². The van der Waals surface area contributed by atoms with E-state index < -0.39 is 5.60 Å². The van der Waals surface area contributed by atoms with Crippen LogP contribution in [-0.2, 0) is 15.1 Å². The number of carbonyl (C=O) groups excluding carboxylic acids is 1. The molecule has 1 aliphatic heterocycles. The fourth-order valence-corrected chi connectivity index (χ4v) is 2.09. The number of ketones is 1. The van der Waals surface area contributed by atoms with Gasteiger partial charge in [0, 0.05) is 11.6 Å². The third-order valence-corrected chi connectivity index (χ3v) is 3.02. The summed E-state index contributed by atoms with van der Waals surface area (Å²) in [6, 6.07) is 5.89. The normalized spacial score (nSPS) is 23.4. The molecular weight excluding hydrogens is 216 g/mol. The molecular formula is C14H16O3. The van der Waals surface area contributed by atoms with Crippen molar-refractivity contribution in [1.29, 1.82) is 0 Å². The minimum atomic E-state index is -0.636. The Morgan fingerprint density at radius 1 is 1.41 bits per heavy atom. The van der Waals surface area contributed by atoms with Crippen molar-refractivity contribution in [2.24, 2.45) is 0 Å². The highest BCUT2D eigenvalue weighted by atomic mass is 16.5. The monoisotopic (exact) mass is 232 g/mol. The molecule has 1 heterocycles. The van der Waals surface area contributed by atoms with E-state index in [-0.39, 0.29) is 5.78 Å². The molecule has 3 heteroatoms. The van der Waals surface area contributed by atoms with Gasteiger partial charge in [-0.05, 0) is 26.0 Å². The van der Waals surface area contributed by atoms with Gasteiger partial charge < -0.3 is 9.47 Å². The predicted molar refractivity (Wildman–Crippen MR) is 64.9 cm³/mol. The van der Waals surface area contributed by atoms with E-state index >= 15 is 0 Å². The third kappa shape index (κ3) is 2.18. The van der Waals surface area contributed by atoms with Gasteiger partial charge >= 0.3 is 0 Å². The van der Waals surface area contributed by atoms with Gasteiger partial charge in [0.15, 0.2) is 5.78 Å². The fourth-order valence-electron chi connectivity index (χ4n) is 2.09. The number of benzene rings is 1. The average molecular weight is 232 g/mol. The molecule has 0 saturated heterocycles. The lowest BCUT2D eigenvalue weighted by Gasteiger charge is -2.32. The van der Waals surface area contributed by atoms with Crippen LogP contribution in [0.15, 0.2) is 30.5 Å². The minimum absolute atomic E-state index is 0.0716. The Hall–Kier alpha value is -1.77. The summed E-state index contributed by atoms with van der Waals surface area (Å²) in [4.78, 5) is 11.5. The molecule has 1 aromatic rings. The first kappa shape index (κ1) is 11.7. The number of allylic oxidation sites excluding steroid dienone is 1. The fraction of sp³-hybridized carbons (Fsp3) is 0.357. The van der Waals surface area contributed by atoms with Gasteiger partial charge in [0.05, 0.1) is 19.8 Å². The number of methoxy groups -OCH3 is 1. The van der Waals surface area contributed by atoms with Crippen LogP contribution in [0.1, 0.15) is 24.5 Å². The first-order valence-corrected chi connectivity index (χ1v) is 5.57. The summed E-state index contributed by atoms with van der Waals surface area (Å²) < 4.78 is 11.0. The molecule has 0 fully saturated rings. The molecule has 0 saturated carbocycles. The smallest absolute Gasteiger partial charge is 0.163 e. The Bertz CT molecular complexity index is 476. The maximum absolute atomic E-state index is 11.5. The minimum Gasteiger partial charge on any atom is -0.496 e. The maximum atomic E-state index is 11.5. The Morgan fingerprint density at radius 3 is 2.82 bits per heavy atom. The van der Waals surface area contributed by atoms with Crippen LogP contribution in [0.5, 0.6) is 5.75 Å². The van der Waals surface area contributed by atoms with Crippen LogP contribution in [0.25, 0.3) is 0 Å². The molecule has 17 heavy (non-hydrogen) atoms. The van der Waals surface area contributed by atoms with E-state index in [4.69, 9.17) is 9.47 Å². The van der Waals surface area contributed by atoms with Gasteiger partial charge in [0.1, 0.15) is 11.4 Å². The molecule has 0 aromatic heterocycles. The Labute approximate surface area is 101 Å². The molecule has 0 bridgehead atoms. The molecule has 3 nitrogen and oxygen atoms in total. The van der Waals surface area contributed by atoms with E-state index in [1.807, 2.05) is 32.0 Å². The van der Waals surface area contributed by atoms with Gasteiger partial charge in [0.2, 0.25) is 0 Å². The lowest BCUT2D eigenvalue weighted by atomic mass is 9.87. The van der Waals surface area contributed by atoms with Crippen molar-refractivity contribution >= 4 is 5.78 Å². The molecule has 1 aliphatic rings. The second kappa shape index (κ2) is 4.24. The number of ether oxygens (including phenoxy) is 2. The average Bonchev–Trinajstić information content (AvgIpc) is 2.28. The molecule has 0 aliphatic carbocycles. The maximum Gasteiger partial charge on any atom is 0.163 e. The number of hydrogen-bond donors (Lipinski definition) is 0. The second-order valence-electron chi connectivity index (χ2n) is 4.50. The molecule has 2 rings (SSSR count). The molecule has 0 spiro atoms. The molecule has 0 amide bonds. The molecule has 1 aromatic carbocycles. The highest BCUT2D eigenvalue weighted by Crippen LogP contribution is 2.38. The van der Waals surface area contributed by atoms with E-state index in [9.17, 15) is 4.79 Å². The van der Waals surface area contributed by atoms with Gasteiger partial charge in [-0.25, -0.2) is 0 Å². The van der Waals surface area contributed by atoms with Crippen LogP contribution in [0, 0.1) is 6.92 Å². The number of carbonyl (C=O) groups is 1. The van der Waals surface area contributed by atoms with Crippen LogP contribution < -0.4 is 4.74 Å². The van der Waals surface area contributed by atoms with Crippen molar-refractivity contribution in [3.05, 3.63) is 41.7 Å². The zero-order valence-corrected chi connectivity index (χ0v) is 10.3. The summed E-state index contributed by atoms with van der Waals surface area (Å²) in [7, 11) is 1.62. The largest absolute Gasteiger partial charge is 0.496 e. The van der Waals surface area contributed by atoms with Gasteiger partial charge in [-0.15, -0.1) is 0 Å². The quantitative estimate of drug-likeness (QED) is 0.786. The number of hydrogen-bond acceptors (Lipinski definition) is 3. The standard InChI is InChI=1S/C14H16O3/c1-10-4-5-13(16-3)12(8-10)14(2)9-11(15)6-7-17-14/h4-8H,9H2,1-3H3. The van der Waals surface area contributed by atoms with Crippen LogP contribution in [-0.4, -0.2) is 12.9 Å². The summed E-state index contributed by atoms with van der Waals surface area (Å²) in [6.07, 6.45) is 3.26. The molecule has 90 valence electrons. The molecule has 1 atom stereocenters. The van der Waals surface area contributed by atoms with E-state index in [2.05, 4.69) is 0 Å². The number of rotatable bonds is 2. The van der Waals surface area contributed by atoms with E-state index in [1.165, 1.54) is 12.3 Å². The molecule has 0 N–H and O–H groups in total. The first-order chi connectivity index (χ1) is 8.05. The molecule has 0 radical (unpaired) electrons. The summed E-state index contributed by atoms with van der Waals surface area (Å²) >= 11 is 0. The third-order valence-electron chi connectivity index (χ3n) is 3.02. The van der Waals surface area contributed by atoms with Crippen LogP contribution in [0.2, 0.25) is 0 Å².